The molecule has 1 unspecified atom stereocenters. The van der Waals surface area contributed by atoms with Crippen molar-refractivity contribution in [2.75, 3.05) is 20.3 Å². The fourth-order valence-electron chi connectivity index (χ4n) is 1.67. The van der Waals surface area contributed by atoms with Crippen molar-refractivity contribution in [3.05, 3.63) is 0 Å². The van der Waals surface area contributed by atoms with Gasteiger partial charge < -0.3 is 9.64 Å². The maximum absolute atomic E-state index is 11.3. The quantitative estimate of drug-likeness (QED) is 0.645. The summed E-state index contributed by atoms with van der Waals surface area (Å²) in [5.41, 5.74) is 0. The lowest BCUT2D eigenvalue weighted by Gasteiger charge is -2.27. The molecular formula is C10H19NO2. The lowest BCUT2D eigenvalue weighted by molar-refractivity contribution is -0.131. The Morgan fingerprint density at radius 3 is 2.62 bits per heavy atom. The predicted octanol–water partition coefficient (Wildman–Crippen LogP) is 1.28. The maximum atomic E-state index is 11.3. The Labute approximate surface area is 80.1 Å². The molecule has 0 aromatic heterocycles. The van der Waals surface area contributed by atoms with Crippen molar-refractivity contribution in [2.45, 2.75) is 32.7 Å². The Kier molecular flexibility index (Phi) is 3.72. The number of amides is 1. The number of ether oxygens (including phenoxy) is 1. The molecule has 1 amide bonds. The highest BCUT2D eigenvalue weighted by molar-refractivity contribution is 5.73. The summed E-state index contributed by atoms with van der Waals surface area (Å²) in [7, 11) is 1.67. The normalized spacial score (nSPS) is 18.4. The van der Waals surface area contributed by atoms with Crippen molar-refractivity contribution in [1.82, 2.24) is 4.90 Å². The molecular weight excluding hydrogens is 166 g/mol. The topological polar surface area (TPSA) is 29.5 Å². The van der Waals surface area contributed by atoms with Crippen molar-refractivity contribution in [3.8, 4) is 0 Å². The summed E-state index contributed by atoms with van der Waals surface area (Å²) in [5.74, 6) is 0.900. The molecule has 13 heavy (non-hydrogen) atoms. The third-order valence-corrected chi connectivity index (χ3v) is 2.74. The van der Waals surface area contributed by atoms with Gasteiger partial charge in [-0.05, 0) is 25.7 Å². The fraction of sp³-hybridized carbons (Fsp3) is 0.900. The van der Waals surface area contributed by atoms with Crippen LogP contribution < -0.4 is 0 Å². The van der Waals surface area contributed by atoms with E-state index in [0.29, 0.717) is 12.6 Å². The van der Waals surface area contributed by atoms with Gasteiger partial charge in [0.25, 0.3) is 0 Å². The van der Waals surface area contributed by atoms with Crippen molar-refractivity contribution < 1.29 is 9.53 Å². The zero-order valence-electron chi connectivity index (χ0n) is 8.75. The molecule has 0 heterocycles. The monoisotopic (exact) mass is 185 g/mol. The number of nitrogens with zero attached hydrogens (tertiary/aromatic N) is 1. The Bertz CT molecular complexity index is 178. The maximum Gasteiger partial charge on any atom is 0.219 e. The van der Waals surface area contributed by atoms with E-state index in [1.54, 1.807) is 14.0 Å². The van der Waals surface area contributed by atoms with Crippen LogP contribution in [0.5, 0.6) is 0 Å². The van der Waals surface area contributed by atoms with E-state index in [0.717, 1.165) is 12.5 Å². The summed E-state index contributed by atoms with van der Waals surface area (Å²) in [6, 6.07) is 0.396. The van der Waals surface area contributed by atoms with Crippen molar-refractivity contribution in [3.63, 3.8) is 0 Å². The highest BCUT2D eigenvalue weighted by atomic mass is 16.5. The molecule has 0 N–H and O–H groups in total. The van der Waals surface area contributed by atoms with E-state index in [9.17, 15) is 4.79 Å². The zero-order valence-corrected chi connectivity index (χ0v) is 8.75. The molecule has 1 saturated carbocycles. The zero-order chi connectivity index (χ0) is 9.84. The summed E-state index contributed by atoms with van der Waals surface area (Å²) in [5, 5.41) is 0. The molecule has 3 heteroatoms. The second-order valence-corrected chi connectivity index (χ2v) is 3.78. The number of hydrogen-bond donors (Lipinski definition) is 0. The number of rotatable bonds is 5. The van der Waals surface area contributed by atoms with Crippen LogP contribution in [0.3, 0.4) is 0 Å². The molecule has 76 valence electrons. The highest BCUT2D eigenvalue weighted by Gasteiger charge is 2.32. The van der Waals surface area contributed by atoms with Gasteiger partial charge in [0, 0.05) is 26.6 Å². The van der Waals surface area contributed by atoms with E-state index >= 15 is 0 Å². The van der Waals surface area contributed by atoms with Crippen LogP contribution in [0.2, 0.25) is 0 Å². The highest BCUT2D eigenvalue weighted by Crippen LogP contribution is 2.35. The van der Waals surface area contributed by atoms with E-state index in [1.807, 2.05) is 4.90 Å². The molecule has 1 atom stereocenters. The van der Waals surface area contributed by atoms with Gasteiger partial charge in [-0.25, -0.2) is 0 Å². The van der Waals surface area contributed by atoms with Gasteiger partial charge in [-0.2, -0.15) is 0 Å². The molecule has 0 aliphatic heterocycles. The minimum absolute atomic E-state index is 0.163. The third kappa shape index (κ3) is 2.99. The minimum Gasteiger partial charge on any atom is -0.383 e. The Morgan fingerprint density at radius 2 is 2.23 bits per heavy atom. The van der Waals surface area contributed by atoms with Gasteiger partial charge in [0.1, 0.15) is 0 Å². The van der Waals surface area contributed by atoms with E-state index in [4.69, 9.17) is 4.74 Å². The first kappa shape index (κ1) is 10.5. The van der Waals surface area contributed by atoms with Crippen molar-refractivity contribution in [2.24, 2.45) is 5.92 Å². The van der Waals surface area contributed by atoms with Gasteiger partial charge in [-0.15, -0.1) is 0 Å². The SMILES string of the molecule is COCCN(C(C)=O)C(C)C1CC1. The summed E-state index contributed by atoms with van der Waals surface area (Å²) >= 11 is 0. The second kappa shape index (κ2) is 4.61. The smallest absolute Gasteiger partial charge is 0.219 e. The van der Waals surface area contributed by atoms with Crippen LogP contribution in [0.1, 0.15) is 26.7 Å². The average Bonchev–Trinajstić information content (AvgIpc) is 2.86. The van der Waals surface area contributed by atoms with Crippen molar-refractivity contribution in [1.29, 1.82) is 0 Å². The first-order valence-electron chi connectivity index (χ1n) is 4.93. The molecule has 0 bridgehead atoms. The van der Waals surface area contributed by atoms with Gasteiger partial charge in [-0.1, -0.05) is 0 Å². The van der Waals surface area contributed by atoms with Gasteiger partial charge in [0.15, 0.2) is 0 Å². The standard InChI is InChI=1S/C10H19NO2/c1-8(10-4-5-10)11(9(2)12)6-7-13-3/h8,10H,4-7H2,1-3H3. The Hall–Kier alpha value is -0.570. The Morgan fingerprint density at radius 1 is 1.62 bits per heavy atom. The number of carbonyl (C=O) groups is 1. The first-order valence-corrected chi connectivity index (χ1v) is 4.93. The molecule has 0 radical (unpaired) electrons. The molecule has 1 rings (SSSR count). The third-order valence-electron chi connectivity index (χ3n) is 2.74. The van der Waals surface area contributed by atoms with Crippen molar-refractivity contribution >= 4 is 5.91 Å². The molecule has 1 aliphatic carbocycles. The van der Waals surface area contributed by atoms with E-state index in [-0.39, 0.29) is 5.91 Å². The van der Waals surface area contributed by atoms with Gasteiger partial charge in [0.05, 0.1) is 6.61 Å². The molecule has 1 aliphatic rings. The summed E-state index contributed by atoms with van der Waals surface area (Å²) in [4.78, 5) is 13.2. The second-order valence-electron chi connectivity index (χ2n) is 3.78. The van der Waals surface area contributed by atoms with Crippen LogP contribution in [-0.2, 0) is 9.53 Å². The lowest BCUT2D eigenvalue weighted by Crippen LogP contribution is -2.40. The summed E-state index contributed by atoms with van der Waals surface area (Å²) in [6.07, 6.45) is 2.55. The average molecular weight is 185 g/mol. The van der Waals surface area contributed by atoms with Crippen LogP contribution in [0, 0.1) is 5.92 Å². The summed E-state index contributed by atoms with van der Waals surface area (Å²) < 4.78 is 4.98. The first-order chi connectivity index (χ1) is 6.16. The van der Waals surface area contributed by atoms with E-state index in [1.165, 1.54) is 12.8 Å². The van der Waals surface area contributed by atoms with Crippen LogP contribution in [0.25, 0.3) is 0 Å². The van der Waals surface area contributed by atoms with Crippen LogP contribution in [0.15, 0.2) is 0 Å². The molecule has 0 aromatic rings. The number of hydrogen-bond acceptors (Lipinski definition) is 2. The van der Waals surface area contributed by atoms with E-state index < -0.39 is 0 Å². The predicted molar refractivity (Wildman–Crippen MR) is 51.4 cm³/mol. The molecule has 0 aromatic carbocycles. The van der Waals surface area contributed by atoms with Gasteiger partial charge in [0.2, 0.25) is 5.91 Å². The molecule has 0 spiro atoms. The Balaban J connectivity index is 2.40. The molecule has 1 fully saturated rings. The minimum atomic E-state index is 0.163. The molecule has 0 saturated heterocycles. The number of methoxy groups -OCH3 is 1. The van der Waals surface area contributed by atoms with Gasteiger partial charge in [-0.3, -0.25) is 4.79 Å². The van der Waals surface area contributed by atoms with E-state index in [2.05, 4.69) is 6.92 Å². The number of carbonyl (C=O) groups excluding carboxylic acids is 1. The lowest BCUT2D eigenvalue weighted by atomic mass is 10.2. The van der Waals surface area contributed by atoms with Gasteiger partial charge >= 0.3 is 0 Å². The van der Waals surface area contributed by atoms with Crippen LogP contribution in [-0.4, -0.2) is 37.1 Å². The molecule has 3 nitrogen and oxygen atoms in total. The largest absolute Gasteiger partial charge is 0.383 e. The van der Waals surface area contributed by atoms with Crippen LogP contribution >= 0.6 is 0 Å². The summed E-state index contributed by atoms with van der Waals surface area (Å²) in [6.45, 7) is 5.13. The fourth-order valence-corrected chi connectivity index (χ4v) is 1.67. The van der Waals surface area contributed by atoms with Crippen LogP contribution in [0.4, 0.5) is 0 Å².